The van der Waals surface area contributed by atoms with Crippen LogP contribution in [-0.2, 0) is 0 Å². The van der Waals surface area contributed by atoms with Crippen LogP contribution in [0.15, 0.2) is 0 Å². The number of nitrogens with one attached hydrogen (secondary N) is 1. The first-order chi connectivity index (χ1) is 8.95. The van der Waals surface area contributed by atoms with Crippen LogP contribution in [0.3, 0.4) is 0 Å². The summed E-state index contributed by atoms with van der Waals surface area (Å²) in [6.45, 7) is 8.25. The molecule has 0 unspecified atom stereocenters. The van der Waals surface area contributed by atoms with Crippen molar-refractivity contribution >= 4 is 0 Å². The van der Waals surface area contributed by atoms with E-state index in [2.05, 4.69) is 26.1 Å². The highest BCUT2D eigenvalue weighted by Crippen LogP contribution is 2.67. The minimum absolute atomic E-state index is 0.293. The van der Waals surface area contributed by atoms with Gasteiger partial charge in [0.25, 0.3) is 0 Å². The van der Waals surface area contributed by atoms with Gasteiger partial charge in [-0.3, -0.25) is 0 Å². The first kappa shape index (κ1) is 12.7. The highest BCUT2D eigenvalue weighted by molar-refractivity contribution is 5.10. The maximum Gasteiger partial charge on any atom is 0.00967 e. The van der Waals surface area contributed by atoms with Crippen LogP contribution in [-0.4, -0.2) is 12.1 Å². The average molecular weight is 261 g/mol. The lowest BCUT2D eigenvalue weighted by atomic mass is 9.49. The molecule has 0 atom stereocenters. The summed E-state index contributed by atoms with van der Waals surface area (Å²) in [6.07, 6.45) is 11.0. The molecule has 1 N–H and O–H groups in total. The van der Waals surface area contributed by atoms with Crippen molar-refractivity contribution in [1.29, 1.82) is 0 Å². The molecule has 0 aromatic heterocycles. The van der Waals surface area contributed by atoms with Crippen molar-refractivity contribution < 1.29 is 0 Å². The zero-order valence-corrected chi connectivity index (χ0v) is 13.0. The second-order valence-corrected chi connectivity index (χ2v) is 9.42. The highest BCUT2D eigenvalue weighted by atomic mass is 15.0. The molecular weight excluding hydrogens is 230 g/mol. The Labute approximate surface area is 118 Å². The number of rotatable bonds is 3. The molecule has 1 nitrogen and oxygen atoms in total. The molecular formula is C18H31N. The van der Waals surface area contributed by atoms with Crippen molar-refractivity contribution in [2.24, 2.45) is 35.0 Å². The van der Waals surface area contributed by atoms with Crippen LogP contribution >= 0.6 is 0 Å². The van der Waals surface area contributed by atoms with Crippen LogP contribution in [0, 0.1) is 35.0 Å². The summed E-state index contributed by atoms with van der Waals surface area (Å²) >= 11 is 0. The number of hydrogen-bond acceptors (Lipinski definition) is 1. The van der Waals surface area contributed by atoms with Gasteiger partial charge in [0.05, 0.1) is 0 Å². The summed E-state index contributed by atoms with van der Waals surface area (Å²) in [7, 11) is 0. The maximum absolute atomic E-state index is 3.83. The third-order valence-electron chi connectivity index (χ3n) is 6.80. The molecule has 1 heteroatoms. The molecule has 0 aromatic carbocycles. The van der Waals surface area contributed by atoms with Crippen LogP contribution in [0.4, 0.5) is 0 Å². The van der Waals surface area contributed by atoms with Crippen molar-refractivity contribution in [3.8, 4) is 0 Å². The zero-order chi connectivity index (χ0) is 13.3. The van der Waals surface area contributed by atoms with Gasteiger partial charge in [0.15, 0.2) is 0 Å². The van der Waals surface area contributed by atoms with E-state index in [0.717, 1.165) is 35.0 Å². The molecule has 5 fully saturated rings. The quantitative estimate of drug-likeness (QED) is 0.802. The van der Waals surface area contributed by atoms with Crippen LogP contribution in [0.1, 0.15) is 65.7 Å². The van der Waals surface area contributed by atoms with E-state index in [-0.39, 0.29) is 0 Å². The standard InChI is InChI=1S/C18H31N/c1-17(2,3)19-11-18(4-5-18)16-14-7-12-6-13(9-14)10-15(16)8-12/h12-16,19H,4-11H2,1-3H3. The molecule has 5 saturated carbocycles. The van der Waals surface area contributed by atoms with E-state index in [1.54, 1.807) is 32.1 Å². The van der Waals surface area contributed by atoms with Gasteiger partial charge in [-0.25, -0.2) is 0 Å². The molecule has 108 valence electrons. The van der Waals surface area contributed by atoms with Gasteiger partial charge in [0.2, 0.25) is 0 Å². The minimum atomic E-state index is 0.293. The monoisotopic (exact) mass is 261 g/mol. The van der Waals surface area contributed by atoms with E-state index < -0.39 is 0 Å². The van der Waals surface area contributed by atoms with Crippen LogP contribution < -0.4 is 5.32 Å². The Kier molecular flexibility index (Phi) is 2.67. The second-order valence-electron chi connectivity index (χ2n) is 9.42. The maximum atomic E-state index is 3.83. The first-order valence-electron chi connectivity index (χ1n) is 8.70. The third-order valence-corrected chi connectivity index (χ3v) is 6.80. The minimum Gasteiger partial charge on any atom is -0.312 e. The molecule has 0 spiro atoms. The van der Waals surface area contributed by atoms with Crippen LogP contribution in [0.2, 0.25) is 0 Å². The van der Waals surface area contributed by atoms with Crippen molar-refractivity contribution in [2.45, 2.75) is 71.3 Å². The third kappa shape index (κ3) is 2.17. The smallest absolute Gasteiger partial charge is 0.00967 e. The second kappa shape index (κ2) is 4.00. The normalized spacial score (nSPS) is 46.6. The van der Waals surface area contributed by atoms with Gasteiger partial charge in [0, 0.05) is 12.1 Å². The molecule has 5 aliphatic carbocycles. The predicted octanol–water partition coefficient (Wildman–Crippen LogP) is 4.23. The van der Waals surface area contributed by atoms with Gasteiger partial charge in [-0.2, -0.15) is 0 Å². The lowest BCUT2D eigenvalue weighted by Crippen LogP contribution is -2.51. The Morgan fingerprint density at radius 1 is 0.895 bits per heavy atom. The summed E-state index contributed by atoms with van der Waals surface area (Å²) in [6, 6.07) is 0. The number of hydrogen-bond donors (Lipinski definition) is 1. The van der Waals surface area contributed by atoms with Gasteiger partial charge < -0.3 is 5.32 Å². The largest absolute Gasteiger partial charge is 0.312 e. The van der Waals surface area contributed by atoms with E-state index >= 15 is 0 Å². The summed E-state index contributed by atoms with van der Waals surface area (Å²) < 4.78 is 0. The molecule has 0 aromatic rings. The highest BCUT2D eigenvalue weighted by Gasteiger charge is 2.59. The molecule has 0 saturated heterocycles. The molecule has 5 rings (SSSR count). The van der Waals surface area contributed by atoms with Crippen molar-refractivity contribution in [3.05, 3.63) is 0 Å². The predicted molar refractivity (Wildman–Crippen MR) is 80.0 cm³/mol. The van der Waals surface area contributed by atoms with Crippen LogP contribution in [0.5, 0.6) is 0 Å². The zero-order valence-electron chi connectivity index (χ0n) is 13.0. The molecule has 0 amide bonds. The molecule has 19 heavy (non-hydrogen) atoms. The van der Waals surface area contributed by atoms with Gasteiger partial charge in [-0.05, 0) is 101 Å². The Morgan fingerprint density at radius 3 is 1.84 bits per heavy atom. The SMILES string of the molecule is CC(C)(C)NCC1(C2C3CC4CC(C3)CC2C4)CC1. The van der Waals surface area contributed by atoms with Gasteiger partial charge in [-0.1, -0.05) is 0 Å². The molecule has 0 radical (unpaired) electrons. The van der Waals surface area contributed by atoms with Crippen molar-refractivity contribution in [2.75, 3.05) is 6.54 Å². The summed E-state index contributed by atoms with van der Waals surface area (Å²) in [4.78, 5) is 0. The molecule has 4 bridgehead atoms. The van der Waals surface area contributed by atoms with Gasteiger partial charge in [-0.15, -0.1) is 0 Å². The lowest BCUT2D eigenvalue weighted by molar-refractivity contribution is -0.0692. The Bertz CT molecular complexity index is 332. The molecule has 0 heterocycles. The van der Waals surface area contributed by atoms with Crippen molar-refractivity contribution in [1.82, 2.24) is 5.32 Å². The van der Waals surface area contributed by atoms with Gasteiger partial charge in [0.1, 0.15) is 0 Å². The summed E-state index contributed by atoms with van der Waals surface area (Å²) in [5, 5.41) is 3.83. The van der Waals surface area contributed by atoms with E-state index in [1.807, 2.05) is 0 Å². The Morgan fingerprint density at radius 2 is 1.42 bits per heavy atom. The lowest BCUT2D eigenvalue weighted by Gasteiger charge is -2.57. The Hall–Kier alpha value is -0.0400. The first-order valence-corrected chi connectivity index (χ1v) is 8.70. The summed E-state index contributed by atoms with van der Waals surface area (Å²) in [5.74, 6) is 5.58. The molecule has 5 aliphatic rings. The fourth-order valence-electron chi connectivity index (χ4n) is 6.15. The van der Waals surface area contributed by atoms with E-state index in [9.17, 15) is 0 Å². The van der Waals surface area contributed by atoms with E-state index in [1.165, 1.54) is 19.4 Å². The summed E-state index contributed by atoms with van der Waals surface area (Å²) in [5.41, 5.74) is 1.01. The van der Waals surface area contributed by atoms with Crippen LogP contribution in [0.25, 0.3) is 0 Å². The van der Waals surface area contributed by atoms with E-state index in [4.69, 9.17) is 0 Å². The average Bonchev–Trinajstić information content (AvgIpc) is 3.05. The fourth-order valence-corrected chi connectivity index (χ4v) is 6.15. The Balaban J connectivity index is 1.50. The van der Waals surface area contributed by atoms with Crippen molar-refractivity contribution in [3.63, 3.8) is 0 Å². The topological polar surface area (TPSA) is 12.0 Å². The van der Waals surface area contributed by atoms with Gasteiger partial charge >= 0.3 is 0 Å². The fraction of sp³-hybridized carbons (Fsp3) is 1.00. The van der Waals surface area contributed by atoms with E-state index in [0.29, 0.717) is 5.54 Å². The molecule has 0 aliphatic heterocycles.